The quantitative estimate of drug-likeness (QED) is 0.178. The van der Waals surface area contributed by atoms with Crippen molar-refractivity contribution < 1.29 is 38.3 Å². The summed E-state index contributed by atoms with van der Waals surface area (Å²) in [6.45, 7) is 3.28. The van der Waals surface area contributed by atoms with Gasteiger partial charge in [-0.15, -0.1) is 24.4 Å². The third kappa shape index (κ3) is 14.8. The number of aliphatic carboxylic acids is 1. The Hall–Kier alpha value is -2.95. The fourth-order valence-electron chi connectivity index (χ4n) is 2.75. The summed E-state index contributed by atoms with van der Waals surface area (Å²) in [5, 5.41) is 16.7. The summed E-state index contributed by atoms with van der Waals surface area (Å²) in [4.78, 5) is 10.4. The first-order chi connectivity index (χ1) is 17.0. The first-order valence-electron chi connectivity index (χ1n) is 10.9. The molecule has 1 N–H and O–H groups in total. The van der Waals surface area contributed by atoms with Gasteiger partial charge in [0.15, 0.2) is 0 Å². The molecule has 0 unspecified atom stereocenters. The van der Waals surface area contributed by atoms with E-state index in [1.807, 2.05) is 0 Å². The fraction of sp³-hybridized carbons (Fsp3) is 0.625. The number of hydrogen-bond donors (Lipinski definition) is 1. The Morgan fingerprint density at radius 3 is 1.94 bits per heavy atom. The van der Waals surface area contributed by atoms with Crippen LogP contribution in [0.1, 0.15) is 12.1 Å². The topological polar surface area (TPSA) is 123 Å². The van der Waals surface area contributed by atoms with E-state index in [9.17, 15) is 4.79 Å². The second-order valence-electron chi connectivity index (χ2n) is 7.43. The maximum absolute atomic E-state index is 10.4. The standard InChI is InChI=1S/C24H33N3O8/c1-4-9-32-18-24(19-33-10-5-2,20-34-11-6-3)21-35-17-22-16-27(26-25-22)8-13-31-15-14-30-12-7-23(28)29/h1-3,16H,7-15,17-21H2,(H,28,29). The number of terminal acetylenes is 3. The van der Waals surface area contributed by atoms with Crippen LogP contribution in [-0.2, 0) is 46.4 Å². The summed E-state index contributed by atoms with van der Waals surface area (Å²) >= 11 is 0. The van der Waals surface area contributed by atoms with Gasteiger partial charge >= 0.3 is 5.97 Å². The molecule has 1 heterocycles. The number of rotatable bonds is 22. The summed E-state index contributed by atoms with van der Waals surface area (Å²) in [6, 6.07) is 0. The van der Waals surface area contributed by atoms with Crippen LogP contribution in [0.15, 0.2) is 6.20 Å². The van der Waals surface area contributed by atoms with Crippen molar-refractivity contribution >= 4 is 5.97 Å². The molecule has 1 aromatic heterocycles. The minimum absolute atomic E-state index is 0.0290. The van der Waals surface area contributed by atoms with Crippen LogP contribution in [0.25, 0.3) is 0 Å². The van der Waals surface area contributed by atoms with Gasteiger partial charge in [0.1, 0.15) is 25.5 Å². The minimum Gasteiger partial charge on any atom is -0.481 e. The minimum atomic E-state index is -0.894. The van der Waals surface area contributed by atoms with Gasteiger partial charge < -0.3 is 33.5 Å². The van der Waals surface area contributed by atoms with E-state index in [1.165, 1.54) is 0 Å². The number of carboxylic acid groups (broad SMARTS) is 1. The number of hydrogen-bond acceptors (Lipinski definition) is 9. The highest BCUT2D eigenvalue weighted by Crippen LogP contribution is 2.21. The molecule has 0 fully saturated rings. The van der Waals surface area contributed by atoms with Crippen LogP contribution >= 0.6 is 0 Å². The lowest BCUT2D eigenvalue weighted by Gasteiger charge is -2.32. The first kappa shape index (κ1) is 30.1. The number of aromatic nitrogens is 3. The summed E-state index contributed by atoms with van der Waals surface area (Å²) in [5.41, 5.74) is -0.0319. The van der Waals surface area contributed by atoms with E-state index < -0.39 is 11.4 Å². The Bertz CT molecular complexity index is 787. The highest BCUT2D eigenvalue weighted by Gasteiger charge is 2.32. The molecule has 1 rings (SSSR count). The van der Waals surface area contributed by atoms with Crippen LogP contribution in [0, 0.1) is 42.4 Å². The maximum Gasteiger partial charge on any atom is 0.305 e. The van der Waals surface area contributed by atoms with Crippen molar-refractivity contribution in [3.05, 3.63) is 11.9 Å². The van der Waals surface area contributed by atoms with Gasteiger partial charge in [-0.25, -0.2) is 4.68 Å². The summed E-state index contributed by atoms with van der Waals surface area (Å²) in [7, 11) is 0. The molecule has 0 atom stereocenters. The zero-order valence-electron chi connectivity index (χ0n) is 19.9. The normalized spacial score (nSPS) is 11.0. The molecule has 0 aliphatic heterocycles. The van der Waals surface area contributed by atoms with Crippen LogP contribution < -0.4 is 0 Å². The van der Waals surface area contributed by atoms with Crippen molar-refractivity contribution in [2.75, 3.05) is 72.7 Å². The van der Waals surface area contributed by atoms with Gasteiger partial charge in [0.05, 0.1) is 84.0 Å². The van der Waals surface area contributed by atoms with Crippen molar-refractivity contribution in [2.45, 2.75) is 19.6 Å². The smallest absolute Gasteiger partial charge is 0.305 e. The van der Waals surface area contributed by atoms with Gasteiger partial charge in [-0.1, -0.05) is 23.0 Å². The molecule has 0 saturated heterocycles. The molecule has 0 aliphatic rings. The molecule has 0 bridgehead atoms. The molecule has 0 amide bonds. The fourth-order valence-corrected chi connectivity index (χ4v) is 2.75. The molecule has 192 valence electrons. The van der Waals surface area contributed by atoms with Crippen molar-refractivity contribution in [3.8, 4) is 37.0 Å². The Morgan fingerprint density at radius 2 is 1.40 bits per heavy atom. The Labute approximate surface area is 206 Å². The van der Waals surface area contributed by atoms with Gasteiger partial charge in [-0.3, -0.25) is 4.79 Å². The van der Waals surface area contributed by atoms with Gasteiger partial charge in [0, 0.05) is 0 Å². The predicted octanol–water partition coefficient (Wildman–Crippen LogP) is 0.238. The first-order valence-corrected chi connectivity index (χ1v) is 10.9. The lowest BCUT2D eigenvalue weighted by molar-refractivity contribution is -0.138. The van der Waals surface area contributed by atoms with Crippen molar-refractivity contribution in [3.63, 3.8) is 0 Å². The van der Waals surface area contributed by atoms with Crippen LogP contribution in [-0.4, -0.2) is 98.7 Å². The molecule has 0 saturated carbocycles. The van der Waals surface area contributed by atoms with E-state index in [1.54, 1.807) is 10.9 Å². The zero-order valence-corrected chi connectivity index (χ0v) is 19.9. The number of carbonyl (C=O) groups is 1. The van der Waals surface area contributed by atoms with Gasteiger partial charge in [0.2, 0.25) is 0 Å². The van der Waals surface area contributed by atoms with E-state index in [0.717, 1.165) is 0 Å². The molecule has 11 heteroatoms. The Balaban J connectivity index is 2.46. The van der Waals surface area contributed by atoms with Crippen LogP contribution in [0.4, 0.5) is 0 Å². The lowest BCUT2D eigenvalue weighted by Crippen LogP contribution is -2.42. The van der Waals surface area contributed by atoms with Gasteiger partial charge in [-0.05, 0) is 0 Å². The monoisotopic (exact) mass is 491 g/mol. The van der Waals surface area contributed by atoms with E-state index in [4.69, 9.17) is 52.8 Å². The van der Waals surface area contributed by atoms with Crippen molar-refractivity contribution in [2.24, 2.45) is 5.41 Å². The average molecular weight is 492 g/mol. The van der Waals surface area contributed by atoms with Crippen molar-refractivity contribution in [1.29, 1.82) is 0 Å². The number of nitrogens with zero attached hydrogens (tertiary/aromatic N) is 3. The molecular weight excluding hydrogens is 458 g/mol. The second kappa shape index (κ2) is 19.4. The molecule has 0 aromatic carbocycles. The van der Waals surface area contributed by atoms with Gasteiger partial charge in [-0.2, -0.15) is 0 Å². The number of carboxylic acids is 1. The predicted molar refractivity (Wildman–Crippen MR) is 125 cm³/mol. The van der Waals surface area contributed by atoms with Crippen LogP contribution in [0.3, 0.4) is 0 Å². The highest BCUT2D eigenvalue weighted by molar-refractivity contribution is 5.66. The second-order valence-corrected chi connectivity index (χ2v) is 7.43. The summed E-state index contributed by atoms with van der Waals surface area (Å²) < 4.78 is 34.8. The molecule has 11 nitrogen and oxygen atoms in total. The van der Waals surface area contributed by atoms with Crippen molar-refractivity contribution in [1.82, 2.24) is 15.0 Å². The van der Waals surface area contributed by atoms with E-state index in [-0.39, 0.29) is 65.9 Å². The molecule has 1 aromatic rings. The molecule has 35 heavy (non-hydrogen) atoms. The molecular formula is C24H33N3O8. The molecule has 0 aliphatic carbocycles. The van der Waals surface area contributed by atoms with E-state index >= 15 is 0 Å². The van der Waals surface area contributed by atoms with Crippen LogP contribution in [0.2, 0.25) is 0 Å². The highest BCUT2D eigenvalue weighted by atomic mass is 16.5. The van der Waals surface area contributed by atoms with Gasteiger partial charge in [0.25, 0.3) is 0 Å². The molecule has 0 spiro atoms. The third-order valence-electron chi connectivity index (χ3n) is 4.32. The SMILES string of the molecule is C#CCOCC(COCC#C)(COCC#C)COCc1cn(CCOCCOCCC(=O)O)nn1. The number of ether oxygens (including phenoxy) is 6. The Kier molecular flexibility index (Phi) is 16.6. The summed E-state index contributed by atoms with van der Waals surface area (Å²) in [6.07, 6.45) is 17.6. The van der Waals surface area contributed by atoms with E-state index in [0.29, 0.717) is 32.1 Å². The van der Waals surface area contributed by atoms with Crippen LogP contribution in [0.5, 0.6) is 0 Å². The van der Waals surface area contributed by atoms with E-state index in [2.05, 4.69) is 28.1 Å². The maximum atomic E-state index is 10.4. The summed E-state index contributed by atoms with van der Waals surface area (Å²) in [5.74, 6) is 6.39. The lowest BCUT2D eigenvalue weighted by atomic mass is 9.92. The average Bonchev–Trinajstić information content (AvgIpc) is 3.28. The zero-order chi connectivity index (χ0) is 25.6. The Morgan fingerprint density at radius 1 is 0.857 bits per heavy atom. The third-order valence-corrected chi connectivity index (χ3v) is 4.32. The largest absolute Gasteiger partial charge is 0.481 e. The molecule has 0 radical (unpaired) electrons.